The van der Waals surface area contributed by atoms with Crippen molar-refractivity contribution in [3.05, 3.63) is 64.7 Å². The van der Waals surface area contributed by atoms with Gasteiger partial charge in [0.25, 0.3) is 5.91 Å². The molecule has 1 heterocycles. The number of fused-ring (bicyclic) bond motifs is 1. The van der Waals surface area contributed by atoms with Gasteiger partial charge in [-0.2, -0.15) is 0 Å². The predicted octanol–water partition coefficient (Wildman–Crippen LogP) is 4.77. The van der Waals surface area contributed by atoms with Crippen molar-refractivity contribution in [2.45, 2.75) is 63.3 Å². The van der Waals surface area contributed by atoms with E-state index in [9.17, 15) is 4.79 Å². The summed E-state index contributed by atoms with van der Waals surface area (Å²) in [7, 11) is 2.20. The van der Waals surface area contributed by atoms with E-state index in [1.165, 1.54) is 54.5 Å². The zero-order valence-electron chi connectivity index (χ0n) is 19.5. The molecular weight excluding hydrogens is 394 g/mol. The summed E-state index contributed by atoms with van der Waals surface area (Å²) in [5, 5.41) is 3.35. The third-order valence-electron chi connectivity index (χ3n) is 7.89. The number of hydrogen-bond acceptors (Lipinski definition) is 3. The molecule has 2 aromatic rings. The second kappa shape index (κ2) is 9.66. The lowest BCUT2D eigenvalue weighted by atomic mass is 9.84. The van der Waals surface area contributed by atoms with Crippen molar-refractivity contribution in [1.29, 1.82) is 0 Å². The van der Waals surface area contributed by atoms with Crippen molar-refractivity contribution in [1.82, 2.24) is 10.2 Å². The molecule has 5 rings (SSSR count). The number of aryl methyl sites for hydroxylation is 1. The highest BCUT2D eigenvalue weighted by molar-refractivity contribution is 5.94. The van der Waals surface area contributed by atoms with E-state index < -0.39 is 0 Å². The van der Waals surface area contributed by atoms with Crippen molar-refractivity contribution in [3.63, 3.8) is 0 Å². The molecule has 0 unspecified atom stereocenters. The molecule has 1 amide bonds. The summed E-state index contributed by atoms with van der Waals surface area (Å²) in [6.07, 6.45) is 9.64. The number of carbonyl (C=O) groups is 1. The molecule has 0 spiro atoms. The topological polar surface area (TPSA) is 35.6 Å². The third kappa shape index (κ3) is 4.71. The number of nitrogens with one attached hydrogen (secondary N) is 1. The van der Waals surface area contributed by atoms with Gasteiger partial charge in [0.2, 0.25) is 0 Å². The molecule has 3 aliphatic rings. The lowest BCUT2D eigenvalue weighted by Crippen LogP contribution is -2.45. The molecule has 0 bridgehead atoms. The van der Waals surface area contributed by atoms with Crippen LogP contribution in [0.4, 0.5) is 5.69 Å². The zero-order chi connectivity index (χ0) is 21.9. The van der Waals surface area contributed by atoms with E-state index in [1.54, 1.807) is 0 Å². The Balaban J connectivity index is 1.24. The number of rotatable bonds is 4. The van der Waals surface area contributed by atoms with E-state index in [1.807, 2.05) is 12.1 Å². The Kier molecular flexibility index (Phi) is 6.49. The van der Waals surface area contributed by atoms with Crippen molar-refractivity contribution >= 4 is 11.6 Å². The molecule has 1 atom stereocenters. The summed E-state index contributed by atoms with van der Waals surface area (Å²) >= 11 is 0. The molecule has 170 valence electrons. The van der Waals surface area contributed by atoms with Crippen molar-refractivity contribution in [2.24, 2.45) is 0 Å². The first-order chi connectivity index (χ1) is 15.7. The Morgan fingerprint density at radius 2 is 1.66 bits per heavy atom. The average Bonchev–Trinajstić information content (AvgIpc) is 2.85. The number of piperazine rings is 1. The van der Waals surface area contributed by atoms with Crippen LogP contribution < -0.4 is 10.2 Å². The number of likely N-dealkylation sites (N-methyl/N-ethyl adjacent to an activating group) is 1. The Hall–Kier alpha value is -2.33. The fraction of sp³-hybridized carbons (Fsp3) is 0.536. The van der Waals surface area contributed by atoms with Crippen LogP contribution in [0.25, 0.3) is 0 Å². The number of hydrogen-bond donors (Lipinski definition) is 1. The minimum absolute atomic E-state index is 0.0747. The zero-order valence-corrected chi connectivity index (χ0v) is 19.5. The maximum Gasteiger partial charge on any atom is 0.251 e. The van der Waals surface area contributed by atoms with Crippen molar-refractivity contribution < 1.29 is 4.79 Å². The number of anilines is 1. The van der Waals surface area contributed by atoms with Gasteiger partial charge in [0.05, 0.1) is 0 Å². The average molecular weight is 432 g/mol. The lowest BCUT2D eigenvalue weighted by Gasteiger charge is -2.37. The third-order valence-corrected chi connectivity index (χ3v) is 7.89. The largest absolute Gasteiger partial charge is 0.369 e. The molecule has 1 saturated carbocycles. The van der Waals surface area contributed by atoms with Crippen LogP contribution in [0.1, 0.15) is 71.5 Å². The van der Waals surface area contributed by atoms with E-state index >= 15 is 0 Å². The molecule has 32 heavy (non-hydrogen) atoms. The van der Waals surface area contributed by atoms with Crippen LogP contribution in [-0.4, -0.2) is 50.1 Å². The van der Waals surface area contributed by atoms with Gasteiger partial charge in [0, 0.05) is 43.5 Å². The van der Waals surface area contributed by atoms with Gasteiger partial charge < -0.3 is 15.1 Å². The van der Waals surface area contributed by atoms with Crippen LogP contribution in [0.2, 0.25) is 0 Å². The Morgan fingerprint density at radius 3 is 2.41 bits per heavy atom. The maximum atomic E-state index is 13.0. The minimum atomic E-state index is 0.0747. The first kappa shape index (κ1) is 21.5. The summed E-state index contributed by atoms with van der Waals surface area (Å²) in [6, 6.07) is 15.4. The molecule has 0 aromatic heterocycles. The highest BCUT2D eigenvalue weighted by atomic mass is 16.1. The van der Waals surface area contributed by atoms with Crippen LogP contribution in [0.5, 0.6) is 0 Å². The molecule has 4 heteroatoms. The molecule has 1 N–H and O–H groups in total. The summed E-state index contributed by atoms with van der Waals surface area (Å²) in [5.41, 5.74) is 6.49. The normalized spacial score (nSPS) is 22.4. The summed E-state index contributed by atoms with van der Waals surface area (Å²) < 4.78 is 0. The van der Waals surface area contributed by atoms with Crippen LogP contribution >= 0.6 is 0 Å². The van der Waals surface area contributed by atoms with Crippen LogP contribution in [0, 0.1) is 0 Å². The first-order valence-corrected chi connectivity index (χ1v) is 12.6. The predicted molar refractivity (Wildman–Crippen MR) is 132 cm³/mol. The lowest BCUT2D eigenvalue weighted by molar-refractivity contribution is 0.0933. The van der Waals surface area contributed by atoms with E-state index in [4.69, 9.17) is 0 Å². The summed E-state index contributed by atoms with van der Waals surface area (Å²) in [4.78, 5) is 17.9. The standard InChI is InChI=1S/C28H37N3O/c1-30-16-18-31(19-17-30)27-9-5-8-23-14-15-25(20-26(23)27)29-28(32)24-12-10-22(11-13-24)21-6-3-2-4-7-21/h5,8-13,21,25H,2-4,6-7,14-20H2,1H3,(H,29,32)/t25-/m1/s1. The van der Waals surface area contributed by atoms with Crippen molar-refractivity contribution in [2.75, 3.05) is 38.1 Å². The first-order valence-electron chi connectivity index (χ1n) is 12.6. The van der Waals surface area contributed by atoms with Gasteiger partial charge in [0.15, 0.2) is 0 Å². The van der Waals surface area contributed by atoms with Gasteiger partial charge in [-0.05, 0) is 80.0 Å². The van der Waals surface area contributed by atoms with Crippen LogP contribution in [0.15, 0.2) is 42.5 Å². The van der Waals surface area contributed by atoms with E-state index in [0.29, 0.717) is 5.92 Å². The second-order valence-corrected chi connectivity index (χ2v) is 10.1. The smallest absolute Gasteiger partial charge is 0.251 e. The van der Waals surface area contributed by atoms with E-state index in [2.05, 4.69) is 52.5 Å². The van der Waals surface area contributed by atoms with E-state index in [-0.39, 0.29) is 11.9 Å². The molecule has 4 nitrogen and oxygen atoms in total. The van der Waals surface area contributed by atoms with Crippen molar-refractivity contribution in [3.8, 4) is 0 Å². The van der Waals surface area contributed by atoms with Gasteiger partial charge in [-0.15, -0.1) is 0 Å². The number of carbonyl (C=O) groups excluding carboxylic acids is 1. The highest BCUT2D eigenvalue weighted by Crippen LogP contribution is 2.33. The Bertz CT molecular complexity index is 924. The molecule has 2 aromatic carbocycles. The number of benzene rings is 2. The molecule has 0 radical (unpaired) electrons. The molecular formula is C28H37N3O. The maximum absolute atomic E-state index is 13.0. The van der Waals surface area contributed by atoms with Gasteiger partial charge in [-0.25, -0.2) is 0 Å². The number of nitrogens with zero attached hydrogens (tertiary/aromatic N) is 2. The fourth-order valence-electron chi connectivity index (χ4n) is 5.85. The van der Waals surface area contributed by atoms with Gasteiger partial charge in [-0.3, -0.25) is 4.79 Å². The summed E-state index contributed by atoms with van der Waals surface area (Å²) in [5.74, 6) is 0.759. The van der Waals surface area contributed by atoms with Gasteiger partial charge in [0.1, 0.15) is 0 Å². The Morgan fingerprint density at radius 1 is 0.906 bits per heavy atom. The minimum Gasteiger partial charge on any atom is -0.369 e. The quantitative estimate of drug-likeness (QED) is 0.757. The highest BCUT2D eigenvalue weighted by Gasteiger charge is 2.26. The van der Waals surface area contributed by atoms with Gasteiger partial charge in [-0.1, -0.05) is 43.5 Å². The summed E-state index contributed by atoms with van der Waals surface area (Å²) in [6.45, 7) is 4.38. The number of amides is 1. The second-order valence-electron chi connectivity index (χ2n) is 10.1. The molecule has 2 aliphatic carbocycles. The fourth-order valence-corrected chi connectivity index (χ4v) is 5.85. The molecule has 1 saturated heterocycles. The monoisotopic (exact) mass is 431 g/mol. The Labute approximate surface area is 193 Å². The van der Waals surface area contributed by atoms with Crippen LogP contribution in [-0.2, 0) is 12.8 Å². The molecule has 2 fully saturated rings. The molecule has 1 aliphatic heterocycles. The van der Waals surface area contributed by atoms with Gasteiger partial charge >= 0.3 is 0 Å². The van der Waals surface area contributed by atoms with E-state index in [0.717, 1.165) is 51.0 Å². The van der Waals surface area contributed by atoms with Crippen LogP contribution in [0.3, 0.4) is 0 Å². The SMILES string of the molecule is CN1CCN(c2cccc3c2C[C@H](NC(=O)c2ccc(C4CCCCC4)cc2)CC3)CC1.